The Morgan fingerprint density at radius 3 is 2.43 bits per heavy atom. The third-order valence-corrected chi connectivity index (χ3v) is 5.31. The summed E-state index contributed by atoms with van der Waals surface area (Å²) in [6, 6.07) is 3.81. The molecule has 0 aliphatic rings. The number of aromatic nitrogens is 3. The highest BCUT2D eigenvalue weighted by Crippen LogP contribution is 2.41. The quantitative estimate of drug-likeness (QED) is 0.644. The fraction of sp³-hybridized carbons (Fsp3) is 0.381. The van der Waals surface area contributed by atoms with Crippen molar-refractivity contribution < 1.29 is 4.79 Å². The van der Waals surface area contributed by atoms with Crippen molar-refractivity contribution in [3.63, 3.8) is 0 Å². The van der Waals surface area contributed by atoms with Crippen molar-refractivity contribution in [3.05, 3.63) is 40.2 Å². The molecule has 7 heteroatoms. The smallest absolute Gasteiger partial charge is 0.272 e. The first-order valence-electron chi connectivity index (χ1n) is 9.47. The topological polar surface area (TPSA) is 112 Å². The molecule has 3 rings (SSSR count). The van der Waals surface area contributed by atoms with Gasteiger partial charge >= 0.3 is 0 Å². The van der Waals surface area contributed by atoms with Gasteiger partial charge in [0.25, 0.3) is 5.91 Å². The normalized spacial score (nSPS) is 12.4. The van der Waals surface area contributed by atoms with Crippen molar-refractivity contribution >= 4 is 22.6 Å². The number of hydrogen-bond donors (Lipinski definition) is 3. The summed E-state index contributed by atoms with van der Waals surface area (Å²) in [5.41, 5.74) is 20.0. The van der Waals surface area contributed by atoms with Crippen LogP contribution >= 0.6 is 0 Å². The lowest BCUT2D eigenvalue weighted by atomic mass is 9.89. The number of hydrogen-bond acceptors (Lipinski definition) is 5. The molecule has 2 aromatic heterocycles. The standard InChI is InChI=1S/C21H28N6O/c1-7-27-20-16(19(26-27)21(28)24-6)15(17(23)18(25-20)13(5)22)14-11(3)9-8-10(2)12(14)4/h8-9,13H,7,22-23H2,1-6H3,(H,24,28). The van der Waals surface area contributed by atoms with E-state index in [1.54, 1.807) is 11.7 Å². The van der Waals surface area contributed by atoms with Crippen LogP contribution in [0, 0.1) is 20.8 Å². The molecular formula is C21H28N6O. The number of aryl methyl sites for hydroxylation is 3. The summed E-state index contributed by atoms with van der Waals surface area (Å²) in [6.07, 6.45) is 0. The number of anilines is 1. The number of rotatable bonds is 4. The summed E-state index contributed by atoms with van der Waals surface area (Å²) < 4.78 is 1.73. The zero-order valence-corrected chi connectivity index (χ0v) is 17.3. The molecule has 0 saturated heterocycles. The summed E-state index contributed by atoms with van der Waals surface area (Å²) in [5.74, 6) is -0.267. The lowest BCUT2D eigenvalue weighted by Gasteiger charge is -2.19. The molecule has 0 saturated carbocycles. The first-order valence-corrected chi connectivity index (χ1v) is 9.47. The maximum absolute atomic E-state index is 12.6. The fourth-order valence-corrected chi connectivity index (χ4v) is 3.67. The van der Waals surface area contributed by atoms with Crippen LogP contribution in [0.5, 0.6) is 0 Å². The highest BCUT2D eigenvalue weighted by Gasteiger charge is 2.27. The number of amides is 1. The Hall–Kier alpha value is -2.93. The Morgan fingerprint density at radius 2 is 1.86 bits per heavy atom. The summed E-state index contributed by atoms with van der Waals surface area (Å²) in [4.78, 5) is 17.3. The second-order valence-corrected chi connectivity index (χ2v) is 7.22. The van der Waals surface area contributed by atoms with Gasteiger partial charge in [-0.05, 0) is 56.9 Å². The van der Waals surface area contributed by atoms with E-state index in [1.807, 2.05) is 20.8 Å². The van der Waals surface area contributed by atoms with Gasteiger partial charge in [-0.2, -0.15) is 5.10 Å². The Morgan fingerprint density at radius 1 is 1.21 bits per heavy atom. The van der Waals surface area contributed by atoms with Crippen molar-refractivity contribution in [2.75, 3.05) is 12.8 Å². The van der Waals surface area contributed by atoms with Crippen LogP contribution in [0.3, 0.4) is 0 Å². The molecule has 3 aromatic rings. The summed E-state index contributed by atoms with van der Waals surface area (Å²) >= 11 is 0. The monoisotopic (exact) mass is 380 g/mol. The van der Waals surface area contributed by atoms with Crippen molar-refractivity contribution in [1.82, 2.24) is 20.1 Å². The summed E-state index contributed by atoms with van der Waals surface area (Å²) in [7, 11) is 1.59. The minimum Gasteiger partial charge on any atom is -0.397 e. The molecule has 0 aliphatic heterocycles. The first kappa shape index (κ1) is 19.8. The molecule has 0 spiro atoms. The van der Waals surface area contributed by atoms with E-state index >= 15 is 0 Å². The van der Waals surface area contributed by atoms with Crippen LogP contribution in [0.2, 0.25) is 0 Å². The third-order valence-electron chi connectivity index (χ3n) is 5.31. The number of nitrogens with one attached hydrogen (secondary N) is 1. The first-order chi connectivity index (χ1) is 13.2. The van der Waals surface area contributed by atoms with Gasteiger partial charge in [-0.15, -0.1) is 0 Å². The molecular weight excluding hydrogens is 352 g/mol. The van der Waals surface area contributed by atoms with Crippen LogP contribution in [0.1, 0.15) is 52.8 Å². The zero-order valence-electron chi connectivity index (χ0n) is 17.3. The molecule has 1 amide bonds. The largest absolute Gasteiger partial charge is 0.397 e. The fourth-order valence-electron chi connectivity index (χ4n) is 3.67. The summed E-state index contributed by atoms with van der Waals surface area (Å²) in [6.45, 7) is 10.6. The van der Waals surface area contributed by atoms with E-state index in [1.165, 1.54) is 0 Å². The van der Waals surface area contributed by atoms with Gasteiger partial charge in [0.05, 0.1) is 16.8 Å². The average Bonchev–Trinajstić information content (AvgIpc) is 3.03. The van der Waals surface area contributed by atoms with Crippen LogP contribution in [0.25, 0.3) is 22.2 Å². The molecule has 0 aliphatic carbocycles. The molecule has 1 aromatic carbocycles. The molecule has 0 radical (unpaired) electrons. The number of benzene rings is 1. The van der Waals surface area contributed by atoms with E-state index in [0.29, 0.717) is 34.7 Å². The van der Waals surface area contributed by atoms with Gasteiger partial charge in [0, 0.05) is 25.2 Å². The van der Waals surface area contributed by atoms with Gasteiger partial charge in [-0.3, -0.25) is 4.79 Å². The van der Waals surface area contributed by atoms with Crippen LogP contribution < -0.4 is 16.8 Å². The molecule has 2 heterocycles. The van der Waals surface area contributed by atoms with E-state index in [-0.39, 0.29) is 11.9 Å². The zero-order chi connectivity index (χ0) is 20.7. The van der Waals surface area contributed by atoms with E-state index in [2.05, 4.69) is 36.4 Å². The summed E-state index contributed by atoms with van der Waals surface area (Å²) in [5, 5.41) is 7.88. The van der Waals surface area contributed by atoms with Crippen LogP contribution in [-0.2, 0) is 6.54 Å². The van der Waals surface area contributed by atoms with Crippen molar-refractivity contribution in [2.24, 2.45) is 5.73 Å². The van der Waals surface area contributed by atoms with Crippen molar-refractivity contribution in [3.8, 4) is 11.1 Å². The van der Waals surface area contributed by atoms with Crippen LogP contribution in [-0.4, -0.2) is 27.7 Å². The Balaban J connectivity index is 2.61. The predicted octanol–water partition coefficient (Wildman–Crippen LogP) is 3.00. The van der Waals surface area contributed by atoms with Gasteiger partial charge in [0.2, 0.25) is 0 Å². The SMILES string of the molecule is CCn1nc(C(=O)NC)c2c(-c3c(C)ccc(C)c3C)c(N)c(C(C)N)nc21. The third kappa shape index (κ3) is 2.92. The van der Waals surface area contributed by atoms with Gasteiger partial charge in [-0.25, -0.2) is 9.67 Å². The Bertz CT molecular complexity index is 1080. The highest BCUT2D eigenvalue weighted by molar-refractivity contribution is 6.12. The molecule has 0 bridgehead atoms. The van der Waals surface area contributed by atoms with Crippen molar-refractivity contribution in [1.29, 1.82) is 0 Å². The molecule has 1 unspecified atom stereocenters. The van der Waals surface area contributed by atoms with Crippen molar-refractivity contribution in [2.45, 2.75) is 47.2 Å². The number of nitrogens with two attached hydrogens (primary N) is 2. The van der Waals surface area contributed by atoms with E-state index in [0.717, 1.165) is 27.8 Å². The minimum absolute atomic E-state index is 0.267. The number of nitrogen functional groups attached to an aromatic ring is 1. The molecule has 0 fully saturated rings. The molecule has 148 valence electrons. The molecule has 5 N–H and O–H groups in total. The van der Waals surface area contributed by atoms with Gasteiger partial charge < -0.3 is 16.8 Å². The maximum Gasteiger partial charge on any atom is 0.272 e. The Kier molecular flexibility index (Phi) is 5.12. The second kappa shape index (κ2) is 7.24. The van der Waals surface area contributed by atoms with Gasteiger partial charge in [-0.1, -0.05) is 12.1 Å². The number of fused-ring (bicyclic) bond motifs is 1. The maximum atomic E-state index is 12.6. The lowest BCUT2D eigenvalue weighted by Crippen LogP contribution is -2.19. The lowest BCUT2D eigenvalue weighted by molar-refractivity contribution is 0.0959. The van der Waals surface area contributed by atoms with E-state index in [9.17, 15) is 4.79 Å². The van der Waals surface area contributed by atoms with Gasteiger partial charge in [0.15, 0.2) is 11.3 Å². The van der Waals surface area contributed by atoms with E-state index in [4.69, 9.17) is 16.5 Å². The van der Waals surface area contributed by atoms with Crippen LogP contribution in [0.15, 0.2) is 12.1 Å². The van der Waals surface area contributed by atoms with E-state index < -0.39 is 0 Å². The number of carbonyl (C=O) groups excluding carboxylic acids is 1. The number of carbonyl (C=O) groups is 1. The predicted molar refractivity (Wildman–Crippen MR) is 113 cm³/mol. The average molecular weight is 380 g/mol. The number of nitrogens with zero attached hydrogens (tertiary/aromatic N) is 3. The molecule has 7 nitrogen and oxygen atoms in total. The number of pyridine rings is 1. The minimum atomic E-state index is -0.350. The molecule has 28 heavy (non-hydrogen) atoms. The highest BCUT2D eigenvalue weighted by atomic mass is 16.1. The van der Waals surface area contributed by atoms with Crippen LogP contribution in [0.4, 0.5) is 5.69 Å². The Labute approximate surface area is 165 Å². The van der Waals surface area contributed by atoms with Gasteiger partial charge in [0.1, 0.15) is 0 Å². The second-order valence-electron chi connectivity index (χ2n) is 7.22. The molecule has 1 atom stereocenters.